The van der Waals surface area contributed by atoms with Crippen molar-refractivity contribution >= 4 is 46.6 Å². The molecule has 0 amide bonds. The van der Waals surface area contributed by atoms with E-state index in [2.05, 4.69) is 20.1 Å². The number of thioether (sulfide) groups is 1. The van der Waals surface area contributed by atoms with Gasteiger partial charge in [0.1, 0.15) is 6.20 Å². The normalized spacial score (nSPS) is 12.0. The van der Waals surface area contributed by atoms with Crippen LogP contribution in [0.2, 0.25) is 15.1 Å². The second-order valence-corrected chi connectivity index (χ2v) is 8.81. The summed E-state index contributed by atoms with van der Waals surface area (Å²) in [5.41, 5.74) is -0.0321. The average molecular weight is 509 g/mol. The minimum atomic E-state index is -0.730. The Bertz CT molecular complexity index is 1440. The highest BCUT2D eigenvalue weighted by Crippen LogP contribution is 2.45. The maximum Gasteiger partial charge on any atom is 0.349 e. The zero-order chi connectivity index (χ0) is 22.8. The number of aromatic nitrogens is 5. The van der Waals surface area contributed by atoms with Crippen molar-refractivity contribution in [1.82, 2.24) is 24.7 Å². The van der Waals surface area contributed by atoms with Crippen LogP contribution in [-0.2, 0) is 0 Å². The molecule has 2 aromatic carbocycles. The van der Waals surface area contributed by atoms with Crippen LogP contribution in [0.3, 0.4) is 0 Å². The number of nitrogens with one attached hydrogen (secondary N) is 2. The molecule has 0 saturated heterocycles. The predicted octanol–water partition coefficient (Wildman–Crippen LogP) is 3.85. The van der Waals surface area contributed by atoms with E-state index >= 15 is 0 Å². The van der Waals surface area contributed by atoms with Crippen LogP contribution in [0.4, 0.5) is 0 Å². The fourth-order valence-corrected chi connectivity index (χ4v) is 5.05. The minimum absolute atomic E-state index is 0.248. The molecule has 4 rings (SSSR count). The lowest BCUT2D eigenvalue weighted by Crippen LogP contribution is -2.30. The molecule has 0 spiro atoms. The summed E-state index contributed by atoms with van der Waals surface area (Å²) < 4.78 is 0.976. The Morgan fingerprint density at radius 3 is 2.22 bits per heavy atom. The number of H-pyrrole nitrogens is 2. The van der Waals surface area contributed by atoms with E-state index in [1.54, 1.807) is 12.1 Å². The molecule has 2 aromatic heterocycles. The average Bonchev–Trinajstić information content (AvgIpc) is 2.73. The Morgan fingerprint density at radius 1 is 0.906 bits per heavy atom. The van der Waals surface area contributed by atoms with Gasteiger partial charge in [0.25, 0.3) is 11.1 Å². The summed E-state index contributed by atoms with van der Waals surface area (Å²) in [6.45, 7) is 0. The summed E-state index contributed by atoms with van der Waals surface area (Å²) in [4.78, 5) is 44.1. The van der Waals surface area contributed by atoms with Crippen LogP contribution in [0.1, 0.15) is 16.4 Å². The minimum Gasteiger partial charge on any atom is -0.301 e. The Morgan fingerprint density at radius 2 is 1.59 bits per heavy atom. The summed E-state index contributed by atoms with van der Waals surface area (Å²) in [6.07, 6.45) is 2.38. The fourth-order valence-electron chi connectivity index (χ4n) is 2.94. The van der Waals surface area contributed by atoms with E-state index in [4.69, 9.17) is 34.8 Å². The lowest BCUT2D eigenvalue weighted by Gasteiger charge is -2.20. The molecular weight excluding hydrogens is 497 g/mol. The van der Waals surface area contributed by atoms with Crippen molar-refractivity contribution in [2.75, 3.05) is 0 Å². The van der Waals surface area contributed by atoms with Crippen molar-refractivity contribution < 1.29 is 0 Å². The summed E-state index contributed by atoms with van der Waals surface area (Å²) >= 11 is 20.5. The topological polar surface area (TPSA) is 113 Å². The van der Waals surface area contributed by atoms with Gasteiger partial charge in [0, 0.05) is 32.9 Å². The van der Waals surface area contributed by atoms with Crippen LogP contribution in [0.15, 0.2) is 74.4 Å². The number of hydrogen-bond acceptors (Lipinski definition) is 6. The van der Waals surface area contributed by atoms with Gasteiger partial charge < -0.3 is 4.98 Å². The largest absolute Gasteiger partial charge is 0.349 e. The molecule has 0 bridgehead atoms. The molecule has 32 heavy (non-hydrogen) atoms. The summed E-state index contributed by atoms with van der Waals surface area (Å²) in [5, 5.41) is 4.78. The van der Waals surface area contributed by atoms with Crippen LogP contribution in [0.5, 0.6) is 0 Å². The van der Waals surface area contributed by atoms with Gasteiger partial charge in [-0.2, -0.15) is 9.78 Å². The maximum absolute atomic E-state index is 12.1. The smallest absolute Gasteiger partial charge is 0.301 e. The number of halogens is 3. The lowest BCUT2D eigenvalue weighted by atomic mass is 10.0. The van der Waals surface area contributed by atoms with Crippen molar-refractivity contribution in [2.24, 2.45) is 0 Å². The van der Waals surface area contributed by atoms with E-state index in [-0.39, 0.29) is 21.3 Å². The van der Waals surface area contributed by atoms with E-state index in [1.165, 1.54) is 36.2 Å². The Balaban J connectivity index is 1.84. The molecule has 162 valence electrons. The number of aromatic amines is 2. The van der Waals surface area contributed by atoms with E-state index in [0.717, 1.165) is 16.4 Å². The molecule has 8 nitrogen and oxygen atoms in total. The molecule has 12 heteroatoms. The van der Waals surface area contributed by atoms with Gasteiger partial charge in [-0.15, -0.1) is 0 Å². The third kappa shape index (κ3) is 4.81. The molecule has 0 aliphatic rings. The maximum atomic E-state index is 12.1. The first kappa shape index (κ1) is 22.3. The van der Waals surface area contributed by atoms with Gasteiger partial charge in [0.05, 0.1) is 10.9 Å². The zero-order valence-corrected chi connectivity index (χ0v) is 19.0. The van der Waals surface area contributed by atoms with Gasteiger partial charge in [0.2, 0.25) is 0 Å². The highest BCUT2D eigenvalue weighted by Gasteiger charge is 2.24. The van der Waals surface area contributed by atoms with Crippen molar-refractivity contribution in [3.05, 3.63) is 112 Å². The monoisotopic (exact) mass is 507 g/mol. The molecule has 2 heterocycles. The first-order valence-corrected chi connectivity index (χ1v) is 11.0. The molecule has 0 aliphatic heterocycles. The van der Waals surface area contributed by atoms with Gasteiger partial charge in [-0.1, -0.05) is 58.7 Å². The van der Waals surface area contributed by atoms with Gasteiger partial charge in [0.15, 0.2) is 5.16 Å². The molecule has 4 aromatic rings. The number of benzene rings is 2. The molecule has 0 saturated carbocycles. The van der Waals surface area contributed by atoms with Crippen LogP contribution in [0, 0.1) is 0 Å². The lowest BCUT2D eigenvalue weighted by molar-refractivity contribution is 0.749. The molecule has 1 atom stereocenters. The predicted molar refractivity (Wildman–Crippen MR) is 124 cm³/mol. The van der Waals surface area contributed by atoms with Crippen LogP contribution >= 0.6 is 46.6 Å². The Hall–Kier alpha value is -2.85. The standard InChI is InChI=1S/C20H12Cl3N5O3S/c21-11-3-1-10(2-4-11)18(32-19-24-6-5-15(29)26-19)17-13(22)7-12(8-14(17)23)28-20(31)27-16(30)9-25-28/h1-9,18H,(H,24,26,29)(H,27,30,31). The number of nitrogens with zero attached hydrogens (tertiary/aromatic N) is 3. The molecule has 0 aliphatic carbocycles. The van der Waals surface area contributed by atoms with Gasteiger partial charge in [-0.3, -0.25) is 14.6 Å². The molecule has 0 radical (unpaired) electrons. The quantitative estimate of drug-likeness (QED) is 0.313. The van der Waals surface area contributed by atoms with Gasteiger partial charge >= 0.3 is 5.69 Å². The third-order valence-electron chi connectivity index (χ3n) is 4.33. The number of hydrogen-bond donors (Lipinski definition) is 2. The molecular formula is C20H12Cl3N5O3S. The van der Waals surface area contributed by atoms with E-state index in [9.17, 15) is 14.4 Å². The van der Waals surface area contributed by atoms with E-state index < -0.39 is 16.5 Å². The van der Waals surface area contributed by atoms with E-state index in [0.29, 0.717) is 15.7 Å². The first-order valence-electron chi connectivity index (χ1n) is 8.97. The van der Waals surface area contributed by atoms with Gasteiger partial charge in [-0.05, 0) is 29.8 Å². The fraction of sp³-hybridized carbons (Fsp3) is 0.0500. The second-order valence-electron chi connectivity index (χ2n) is 6.46. The van der Waals surface area contributed by atoms with E-state index in [1.807, 2.05) is 12.1 Å². The number of rotatable bonds is 5. The molecule has 1 unspecified atom stereocenters. The second kappa shape index (κ2) is 9.33. The summed E-state index contributed by atoms with van der Waals surface area (Å²) in [7, 11) is 0. The van der Waals surface area contributed by atoms with Crippen molar-refractivity contribution in [3.63, 3.8) is 0 Å². The molecule has 0 fully saturated rings. The highest BCUT2D eigenvalue weighted by molar-refractivity contribution is 7.99. The summed E-state index contributed by atoms with van der Waals surface area (Å²) in [6, 6.07) is 11.4. The highest BCUT2D eigenvalue weighted by atomic mass is 35.5. The van der Waals surface area contributed by atoms with Gasteiger partial charge in [-0.25, -0.2) is 9.78 Å². The first-order chi connectivity index (χ1) is 15.3. The Labute approximate surface area is 199 Å². The van der Waals surface area contributed by atoms with Crippen molar-refractivity contribution in [3.8, 4) is 5.69 Å². The Kier molecular flexibility index (Phi) is 6.52. The third-order valence-corrected chi connectivity index (χ3v) is 6.39. The molecule has 2 N–H and O–H groups in total. The van der Waals surface area contributed by atoms with Crippen molar-refractivity contribution in [1.29, 1.82) is 0 Å². The van der Waals surface area contributed by atoms with Crippen LogP contribution in [0.25, 0.3) is 5.69 Å². The SMILES string of the molecule is O=c1ccnc(SC(c2ccc(Cl)cc2)c2c(Cl)cc(-n3ncc(=O)[nH]c3=O)cc2Cl)[nH]1. The van der Waals surface area contributed by atoms with Crippen LogP contribution < -0.4 is 16.8 Å². The zero-order valence-electron chi connectivity index (χ0n) is 15.9. The van der Waals surface area contributed by atoms with Crippen LogP contribution in [-0.4, -0.2) is 24.7 Å². The van der Waals surface area contributed by atoms with Crippen molar-refractivity contribution in [2.45, 2.75) is 10.4 Å². The summed E-state index contributed by atoms with van der Waals surface area (Å²) in [5.74, 6) is 0.